The molecule has 0 atom stereocenters. The summed E-state index contributed by atoms with van der Waals surface area (Å²) in [5.41, 5.74) is 0. The van der Waals surface area contributed by atoms with E-state index in [1.165, 1.54) is 0 Å². The second-order valence-electron chi connectivity index (χ2n) is 3.26. The molecule has 1 saturated heterocycles. The molecule has 1 heterocycles. The molecule has 78 valence electrons. The quantitative estimate of drug-likeness (QED) is 0.760. The maximum atomic E-state index is 10.1. The number of piperidine rings is 1. The van der Waals surface area contributed by atoms with Gasteiger partial charge >= 0.3 is 32.7 Å². The van der Waals surface area contributed by atoms with Crippen molar-refractivity contribution in [1.29, 1.82) is 0 Å². The average Bonchev–Trinajstić information content (AvgIpc) is 2.19. The van der Waals surface area contributed by atoms with Gasteiger partial charge in [0.25, 0.3) is 0 Å². The van der Waals surface area contributed by atoms with Crippen molar-refractivity contribution in [2.45, 2.75) is 19.8 Å². The van der Waals surface area contributed by atoms with Gasteiger partial charge in [-0.2, -0.15) is 13.0 Å². The number of rotatable bonds is 2. The van der Waals surface area contributed by atoms with Gasteiger partial charge in [-0.3, -0.25) is 7.05 Å². The number of likely N-dealkylation sites (tertiary alicyclic amines) is 1. The van der Waals surface area contributed by atoms with Crippen LogP contribution in [0.4, 0.5) is 0 Å². The molecule has 0 spiro atoms. The smallest absolute Gasteiger partial charge is 0.520 e. The first-order chi connectivity index (χ1) is 6.24. The van der Waals surface area contributed by atoms with E-state index < -0.39 is 0 Å². The Kier molecular flexibility index (Phi) is 14.1. The zero-order valence-electron chi connectivity index (χ0n) is 8.96. The van der Waals surface area contributed by atoms with E-state index in [4.69, 9.17) is 0 Å². The normalized spacial score (nSPS) is 16.4. The van der Waals surface area contributed by atoms with Crippen LogP contribution in [0.5, 0.6) is 0 Å². The second-order valence-corrected chi connectivity index (χ2v) is 3.26. The van der Waals surface area contributed by atoms with Crippen LogP contribution >= 0.6 is 0 Å². The number of amides is 1. The fourth-order valence-corrected chi connectivity index (χ4v) is 1.10. The van der Waals surface area contributed by atoms with E-state index in [1.807, 2.05) is 6.41 Å². The summed E-state index contributed by atoms with van der Waals surface area (Å²) in [5, 5.41) is 2.57. The fraction of sp³-hybridized carbons (Fsp3) is 0.700. The van der Waals surface area contributed by atoms with Crippen molar-refractivity contribution >= 4 is 6.41 Å². The molecule has 1 rings (SSSR count). The molecule has 0 aromatic heterocycles. The molecular weight excluding hydrogens is 253 g/mol. The number of carbonyl (C=O) groups excluding carboxylic acids is 1. The molecule has 1 fully saturated rings. The molecule has 0 bridgehead atoms. The average molecular weight is 272 g/mol. The minimum Gasteiger partial charge on any atom is -0.520 e. The monoisotopic (exact) mass is 272 g/mol. The van der Waals surface area contributed by atoms with Crippen molar-refractivity contribution in [1.82, 2.24) is 10.2 Å². The first-order valence-electron chi connectivity index (χ1n) is 4.66. The van der Waals surface area contributed by atoms with Gasteiger partial charge in [-0.05, 0) is 31.8 Å². The molecule has 4 heteroatoms. The molecule has 1 aliphatic heterocycles. The van der Waals surface area contributed by atoms with E-state index in [9.17, 15) is 4.79 Å². The molecule has 14 heavy (non-hydrogen) atoms. The van der Waals surface area contributed by atoms with E-state index in [0.717, 1.165) is 31.8 Å². The Morgan fingerprint density at radius 3 is 2.21 bits per heavy atom. The molecule has 0 radical (unpaired) electrons. The van der Waals surface area contributed by atoms with Crippen LogP contribution in [0.25, 0.3) is 0 Å². The Hall–Kier alpha value is 0.534. The van der Waals surface area contributed by atoms with Gasteiger partial charge < -0.3 is 21.9 Å². The maximum Gasteiger partial charge on any atom is 3.00 e. The van der Waals surface area contributed by atoms with Gasteiger partial charge in [-0.25, -0.2) is 0 Å². The predicted molar refractivity (Wildman–Crippen MR) is 54.4 cm³/mol. The van der Waals surface area contributed by atoms with E-state index in [1.54, 1.807) is 4.90 Å². The van der Waals surface area contributed by atoms with Crippen LogP contribution in [0, 0.1) is 19.9 Å². The summed E-state index contributed by atoms with van der Waals surface area (Å²) in [6, 6.07) is 0. The number of hydrogen-bond acceptors (Lipinski definition) is 2. The first-order valence-corrected chi connectivity index (χ1v) is 4.66. The first kappa shape index (κ1) is 16.9. The van der Waals surface area contributed by atoms with Crippen LogP contribution in [0.1, 0.15) is 19.8 Å². The van der Waals surface area contributed by atoms with Crippen molar-refractivity contribution < 1.29 is 37.5 Å². The fourth-order valence-electron chi connectivity index (χ4n) is 1.10. The largest absolute Gasteiger partial charge is 3.00 e. The molecule has 1 aliphatic rings. The van der Waals surface area contributed by atoms with Crippen molar-refractivity contribution in [3.8, 4) is 0 Å². The summed E-state index contributed by atoms with van der Waals surface area (Å²) in [6.45, 7) is 8.18. The molecule has 0 aromatic rings. The Bertz CT molecular complexity index is 123. The molecule has 0 saturated carbocycles. The van der Waals surface area contributed by atoms with Crippen LogP contribution in [-0.4, -0.2) is 30.9 Å². The van der Waals surface area contributed by atoms with Crippen molar-refractivity contribution in [2.24, 2.45) is 5.92 Å². The van der Waals surface area contributed by atoms with Gasteiger partial charge in [0.15, 0.2) is 0 Å². The number of nitrogens with zero attached hydrogens (tertiary/aromatic N) is 1. The maximum absolute atomic E-state index is 10.1. The standard InChI is InChI=1S/C7H12NO.C3H7N.Y/c1-7-2-4-8(6-9)5-3-7;1-3-4-2;/h7H,2-5H2,1H3;4H,1-3H2;/q-1;-2;+3. The van der Waals surface area contributed by atoms with Crippen LogP contribution in [0.3, 0.4) is 0 Å². The number of hydrogen-bond donors (Lipinski definition) is 1. The summed E-state index contributed by atoms with van der Waals surface area (Å²) in [5.74, 6) is 0.801. The molecular formula is C10H19N2OY. The topological polar surface area (TPSA) is 32.3 Å². The third-order valence-corrected chi connectivity index (χ3v) is 2.09. The molecule has 0 aliphatic carbocycles. The molecule has 0 aromatic carbocycles. The van der Waals surface area contributed by atoms with Gasteiger partial charge in [-0.15, -0.1) is 0 Å². The number of nitrogens with one attached hydrogen (secondary N) is 1. The summed E-state index contributed by atoms with van der Waals surface area (Å²) in [7, 11) is 3.29. The third kappa shape index (κ3) is 9.10. The second kappa shape index (κ2) is 11.6. The van der Waals surface area contributed by atoms with Crippen LogP contribution in [0.15, 0.2) is 0 Å². The van der Waals surface area contributed by atoms with E-state index in [-0.39, 0.29) is 32.7 Å². The molecule has 1 N–H and O–H groups in total. The van der Waals surface area contributed by atoms with Crippen LogP contribution < -0.4 is 5.32 Å². The van der Waals surface area contributed by atoms with Crippen molar-refractivity contribution in [3.05, 3.63) is 14.0 Å². The minimum absolute atomic E-state index is 0. The molecule has 0 unspecified atom stereocenters. The van der Waals surface area contributed by atoms with Crippen molar-refractivity contribution in [3.63, 3.8) is 0 Å². The Morgan fingerprint density at radius 1 is 1.50 bits per heavy atom. The zero-order chi connectivity index (χ0) is 10.1. The minimum atomic E-state index is 0. The van der Waals surface area contributed by atoms with Gasteiger partial charge in [0, 0.05) is 0 Å². The van der Waals surface area contributed by atoms with Crippen LogP contribution in [-0.2, 0) is 37.5 Å². The van der Waals surface area contributed by atoms with Gasteiger partial charge in [0.05, 0.1) is 0 Å². The third-order valence-electron chi connectivity index (χ3n) is 2.09. The SMILES string of the molecule is CC1CCN([C-]=O)CC1.[CH2-]CN[CH2-].[Y+3]. The predicted octanol–water partition coefficient (Wildman–Crippen LogP) is 0.985. The summed E-state index contributed by atoms with van der Waals surface area (Å²) in [4.78, 5) is 11.8. The van der Waals surface area contributed by atoms with E-state index in [0.29, 0.717) is 6.54 Å². The Morgan fingerprint density at radius 2 is 1.93 bits per heavy atom. The Labute approximate surface area is 113 Å². The Balaban J connectivity index is 0. The molecule has 3 nitrogen and oxygen atoms in total. The van der Waals surface area contributed by atoms with Gasteiger partial charge in [0.1, 0.15) is 0 Å². The summed E-state index contributed by atoms with van der Waals surface area (Å²) < 4.78 is 0. The van der Waals surface area contributed by atoms with E-state index >= 15 is 0 Å². The summed E-state index contributed by atoms with van der Waals surface area (Å²) >= 11 is 0. The summed E-state index contributed by atoms with van der Waals surface area (Å²) in [6.07, 6.45) is 4.20. The van der Waals surface area contributed by atoms with E-state index in [2.05, 4.69) is 26.2 Å². The van der Waals surface area contributed by atoms with Crippen LogP contribution in [0.2, 0.25) is 0 Å². The van der Waals surface area contributed by atoms with Gasteiger partial charge in [0.2, 0.25) is 0 Å². The molecule has 1 amide bonds. The van der Waals surface area contributed by atoms with Crippen molar-refractivity contribution in [2.75, 3.05) is 19.6 Å². The zero-order valence-corrected chi connectivity index (χ0v) is 11.8. The van der Waals surface area contributed by atoms with Gasteiger partial charge in [-0.1, -0.05) is 6.92 Å².